The number of carbonyl (C=O) groups excluding carboxylic acids is 2. The average molecular weight is 380 g/mol. The van der Waals surface area contributed by atoms with E-state index in [9.17, 15) is 9.59 Å². The molecule has 148 valence electrons. The molecule has 0 atom stereocenters. The van der Waals surface area contributed by atoms with E-state index in [4.69, 9.17) is 5.26 Å². The lowest BCUT2D eigenvalue weighted by Crippen LogP contribution is -2.47. The van der Waals surface area contributed by atoms with E-state index in [1.165, 1.54) is 11.0 Å². The maximum Gasteiger partial charge on any atom is 0.247 e. The molecule has 0 spiro atoms. The van der Waals surface area contributed by atoms with Crippen molar-refractivity contribution in [1.29, 1.82) is 5.26 Å². The van der Waals surface area contributed by atoms with Crippen molar-refractivity contribution in [3.8, 4) is 6.07 Å². The van der Waals surface area contributed by atoms with Crippen LogP contribution in [0.2, 0.25) is 0 Å². The van der Waals surface area contributed by atoms with Gasteiger partial charge in [-0.1, -0.05) is 18.2 Å². The van der Waals surface area contributed by atoms with Gasteiger partial charge >= 0.3 is 0 Å². The first-order chi connectivity index (χ1) is 13.2. The number of hydrogen-bond donors (Lipinski definition) is 1. The van der Waals surface area contributed by atoms with Crippen molar-refractivity contribution in [1.82, 2.24) is 14.8 Å². The Morgan fingerprint density at radius 2 is 2.00 bits per heavy atom. The van der Waals surface area contributed by atoms with Crippen molar-refractivity contribution in [3.05, 3.63) is 42.1 Å². The van der Waals surface area contributed by atoms with E-state index in [1.54, 1.807) is 6.08 Å². The normalized spacial score (nSPS) is 11.5. The molecule has 0 fully saturated rings. The number of likely N-dealkylation sites (N-methyl/N-ethyl adjacent to an activating group) is 1. The van der Waals surface area contributed by atoms with Crippen LogP contribution in [0.3, 0.4) is 0 Å². The van der Waals surface area contributed by atoms with Crippen molar-refractivity contribution in [3.63, 3.8) is 0 Å². The van der Waals surface area contributed by atoms with Crippen molar-refractivity contribution < 1.29 is 9.59 Å². The Bertz CT molecular complexity index is 913. The fraction of sp³-hybridized carbons (Fsp3) is 0.409. The molecule has 0 bridgehead atoms. The van der Waals surface area contributed by atoms with Gasteiger partial charge in [0, 0.05) is 47.4 Å². The number of rotatable bonds is 7. The van der Waals surface area contributed by atoms with Gasteiger partial charge in [-0.15, -0.1) is 0 Å². The molecule has 1 aromatic carbocycles. The Hall–Kier alpha value is -3.07. The van der Waals surface area contributed by atoms with Gasteiger partial charge in [0.25, 0.3) is 0 Å². The number of carbonyl (C=O) groups is 2. The van der Waals surface area contributed by atoms with E-state index in [0.29, 0.717) is 19.5 Å². The molecule has 0 aliphatic carbocycles. The molecule has 0 saturated carbocycles. The molecule has 6 nitrogen and oxygen atoms in total. The number of aromatic nitrogens is 1. The van der Waals surface area contributed by atoms with Crippen molar-refractivity contribution in [2.24, 2.45) is 0 Å². The van der Waals surface area contributed by atoms with Crippen LogP contribution in [-0.2, 0) is 16.1 Å². The number of nitrogens with zero attached hydrogens (tertiary/aromatic N) is 3. The Morgan fingerprint density at radius 3 is 2.64 bits per heavy atom. The summed E-state index contributed by atoms with van der Waals surface area (Å²) in [4.78, 5) is 26.2. The number of aryl methyl sites for hydroxylation is 1. The van der Waals surface area contributed by atoms with E-state index < -0.39 is 0 Å². The average Bonchev–Trinajstić information content (AvgIpc) is 2.99. The van der Waals surface area contributed by atoms with Gasteiger partial charge in [0.15, 0.2) is 0 Å². The number of fused-ring (bicyclic) bond motifs is 1. The monoisotopic (exact) mass is 380 g/mol. The molecule has 1 aromatic heterocycles. The van der Waals surface area contributed by atoms with Crippen molar-refractivity contribution in [2.45, 2.75) is 46.2 Å². The summed E-state index contributed by atoms with van der Waals surface area (Å²) >= 11 is 0. The lowest BCUT2D eigenvalue weighted by molar-refractivity contribution is -0.132. The zero-order chi connectivity index (χ0) is 20.7. The zero-order valence-corrected chi connectivity index (χ0v) is 17.0. The summed E-state index contributed by atoms with van der Waals surface area (Å²) in [6.45, 7) is 8.66. The number of hydrogen-bond acceptors (Lipinski definition) is 3. The molecule has 0 saturated heterocycles. The number of nitrogens with one attached hydrogen (secondary N) is 1. The third-order valence-electron chi connectivity index (χ3n) is 4.23. The minimum absolute atomic E-state index is 0.0286. The standard InChI is InChI=1S/C22H28N4O2/c1-5-25(16-20(27)24-22(2,3)4)21(28)12-11-17-15-26(14-8-13-23)19-10-7-6-9-18(17)19/h6-7,9-12,15H,5,8,14,16H2,1-4H3,(H,24,27)/b12-11+. The zero-order valence-electron chi connectivity index (χ0n) is 17.0. The van der Waals surface area contributed by atoms with Crippen LogP contribution < -0.4 is 5.32 Å². The smallest absolute Gasteiger partial charge is 0.247 e. The van der Waals surface area contributed by atoms with Crippen molar-refractivity contribution >= 4 is 28.8 Å². The Kier molecular flexibility index (Phi) is 7.00. The van der Waals surface area contributed by atoms with E-state index in [0.717, 1.165) is 16.5 Å². The molecule has 2 aromatic rings. The van der Waals surface area contributed by atoms with Crippen LogP contribution in [0.4, 0.5) is 0 Å². The molecular weight excluding hydrogens is 352 g/mol. The first-order valence-corrected chi connectivity index (χ1v) is 9.48. The number of benzene rings is 1. The summed E-state index contributed by atoms with van der Waals surface area (Å²) in [6.07, 6.45) is 5.66. The molecule has 2 amide bonds. The van der Waals surface area contributed by atoms with Gasteiger partial charge < -0.3 is 14.8 Å². The minimum atomic E-state index is -0.333. The van der Waals surface area contributed by atoms with Crippen LogP contribution in [0.25, 0.3) is 17.0 Å². The van der Waals surface area contributed by atoms with Gasteiger partial charge in [0.05, 0.1) is 19.0 Å². The van der Waals surface area contributed by atoms with Gasteiger partial charge in [-0.3, -0.25) is 9.59 Å². The SMILES string of the molecule is CCN(CC(=O)NC(C)(C)C)C(=O)/C=C/c1cn(CCC#N)c2ccccc12. The van der Waals surface area contributed by atoms with Crippen LogP contribution in [0.1, 0.15) is 39.7 Å². The maximum atomic E-state index is 12.6. The molecule has 0 aliphatic heterocycles. The largest absolute Gasteiger partial charge is 0.350 e. The lowest BCUT2D eigenvalue weighted by Gasteiger charge is -2.24. The third-order valence-corrected chi connectivity index (χ3v) is 4.23. The highest BCUT2D eigenvalue weighted by Gasteiger charge is 2.18. The molecule has 6 heteroatoms. The van der Waals surface area contributed by atoms with Crippen LogP contribution >= 0.6 is 0 Å². The predicted octanol–water partition coefficient (Wildman–Crippen LogP) is 3.33. The topological polar surface area (TPSA) is 78.1 Å². The summed E-state index contributed by atoms with van der Waals surface area (Å²) in [7, 11) is 0. The summed E-state index contributed by atoms with van der Waals surface area (Å²) in [5, 5.41) is 12.8. The Morgan fingerprint density at radius 1 is 1.29 bits per heavy atom. The van der Waals surface area contributed by atoms with E-state index in [1.807, 2.05) is 62.7 Å². The second-order valence-corrected chi connectivity index (χ2v) is 7.69. The van der Waals surface area contributed by atoms with Gasteiger partial charge in [-0.05, 0) is 39.8 Å². The summed E-state index contributed by atoms with van der Waals surface area (Å²) < 4.78 is 2.02. The molecule has 1 N–H and O–H groups in total. The first kappa shape index (κ1) is 21.2. The van der Waals surface area contributed by atoms with E-state index in [2.05, 4.69) is 11.4 Å². The second-order valence-electron chi connectivity index (χ2n) is 7.69. The molecule has 0 unspecified atom stereocenters. The van der Waals surface area contributed by atoms with Gasteiger partial charge in [0.1, 0.15) is 0 Å². The number of para-hydroxylation sites is 1. The summed E-state index contributed by atoms with van der Waals surface area (Å²) in [5.41, 5.74) is 1.61. The van der Waals surface area contributed by atoms with Gasteiger partial charge in [-0.25, -0.2) is 0 Å². The highest BCUT2D eigenvalue weighted by Crippen LogP contribution is 2.23. The Labute approximate surface area is 166 Å². The van der Waals surface area contributed by atoms with Crippen molar-refractivity contribution in [2.75, 3.05) is 13.1 Å². The van der Waals surface area contributed by atoms with E-state index in [-0.39, 0.29) is 23.9 Å². The molecule has 0 radical (unpaired) electrons. The van der Waals surface area contributed by atoms with Crippen LogP contribution in [-0.4, -0.2) is 39.9 Å². The summed E-state index contributed by atoms with van der Waals surface area (Å²) in [5.74, 6) is -0.385. The van der Waals surface area contributed by atoms with Crippen LogP contribution in [0.15, 0.2) is 36.5 Å². The van der Waals surface area contributed by atoms with Gasteiger partial charge in [0.2, 0.25) is 11.8 Å². The molecular formula is C22H28N4O2. The van der Waals surface area contributed by atoms with Gasteiger partial charge in [-0.2, -0.15) is 5.26 Å². The highest BCUT2D eigenvalue weighted by molar-refractivity contribution is 5.97. The Balaban J connectivity index is 2.16. The van der Waals surface area contributed by atoms with Crippen LogP contribution in [0, 0.1) is 11.3 Å². The fourth-order valence-electron chi connectivity index (χ4n) is 3.01. The quantitative estimate of drug-likeness (QED) is 0.749. The number of amides is 2. The minimum Gasteiger partial charge on any atom is -0.350 e. The highest BCUT2D eigenvalue weighted by atomic mass is 16.2. The molecule has 0 aliphatic rings. The second kappa shape index (κ2) is 9.23. The molecule has 28 heavy (non-hydrogen) atoms. The first-order valence-electron chi connectivity index (χ1n) is 9.48. The van der Waals surface area contributed by atoms with E-state index >= 15 is 0 Å². The van der Waals surface area contributed by atoms with Crippen LogP contribution in [0.5, 0.6) is 0 Å². The predicted molar refractivity (Wildman–Crippen MR) is 111 cm³/mol. The maximum absolute atomic E-state index is 12.6. The number of nitriles is 1. The molecule has 2 rings (SSSR count). The fourth-order valence-corrected chi connectivity index (χ4v) is 3.01. The molecule has 1 heterocycles. The lowest BCUT2D eigenvalue weighted by atomic mass is 10.1. The summed E-state index contributed by atoms with van der Waals surface area (Å²) in [6, 6.07) is 10.1. The third kappa shape index (κ3) is 5.71.